The van der Waals surface area contributed by atoms with Gasteiger partial charge in [0.15, 0.2) is 0 Å². The van der Waals surface area contributed by atoms with Crippen LogP contribution in [0.4, 0.5) is 0 Å². The summed E-state index contributed by atoms with van der Waals surface area (Å²) in [6, 6.07) is -0.0924. The Morgan fingerprint density at radius 1 is 1.33 bits per heavy atom. The van der Waals surface area contributed by atoms with Gasteiger partial charge in [0, 0.05) is 25.7 Å². The van der Waals surface area contributed by atoms with Crippen LogP contribution in [0.5, 0.6) is 0 Å². The minimum absolute atomic E-state index is 0.0924. The summed E-state index contributed by atoms with van der Waals surface area (Å²) >= 11 is 0. The predicted octanol–water partition coefficient (Wildman–Crippen LogP) is -0.294. The van der Waals surface area contributed by atoms with Gasteiger partial charge in [-0.2, -0.15) is 0 Å². The molecule has 104 valence electrons. The van der Waals surface area contributed by atoms with E-state index >= 15 is 0 Å². The van der Waals surface area contributed by atoms with Crippen LogP contribution in [0.2, 0.25) is 0 Å². The Bertz CT molecular complexity index is 403. The topological polar surface area (TPSA) is 75.7 Å². The lowest BCUT2D eigenvalue weighted by molar-refractivity contribution is -0.131. The molecule has 0 saturated carbocycles. The SMILES string of the molecule is CS(=O)(=O)N1CCCC(NC(=O)C2CCCO2)C1. The van der Waals surface area contributed by atoms with Crippen molar-refractivity contribution in [2.45, 2.75) is 37.8 Å². The third kappa shape index (κ3) is 3.43. The molecule has 0 aromatic carbocycles. The van der Waals surface area contributed by atoms with E-state index in [1.165, 1.54) is 10.6 Å². The second-order valence-corrected chi connectivity index (χ2v) is 6.95. The maximum Gasteiger partial charge on any atom is 0.249 e. The number of hydrogen-bond donors (Lipinski definition) is 1. The molecule has 18 heavy (non-hydrogen) atoms. The molecule has 2 saturated heterocycles. The molecule has 0 aromatic heterocycles. The van der Waals surface area contributed by atoms with Crippen molar-refractivity contribution < 1.29 is 17.9 Å². The number of piperidine rings is 1. The number of amides is 1. The van der Waals surface area contributed by atoms with Gasteiger partial charge in [0.25, 0.3) is 0 Å². The first kappa shape index (κ1) is 13.8. The van der Waals surface area contributed by atoms with Crippen molar-refractivity contribution in [2.24, 2.45) is 0 Å². The minimum Gasteiger partial charge on any atom is -0.368 e. The van der Waals surface area contributed by atoms with E-state index < -0.39 is 10.0 Å². The molecule has 0 aliphatic carbocycles. The Hall–Kier alpha value is -0.660. The largest absolute Gasteiger partial charge is 0.368 e. The smallest absolute Gasteiger partial charge is 0.249 e. The quantitative estimate of drug-likeness (QED) is 0.768. The van der Waals surface area contributed by atoms with E-state index in [4.69, 9.17) is 4.74 Å². The first-order valence-corrected chi connectivity index (χ1v) is 8.19. The van der Waals surface area contributed by atoms with E-state index in [0.717, 1.165) is 25.7 Å². The molecule has 0 aromatic rings. The number of nitrogens with one attached hydrogen (secondary N) is 1. The van der Waals surface area contributed by atoms with Crippen molar-refractivity contribution in [1.29, 1.82) is 0 Å². The lowest BCUT2D eigenvalue weighted by atomic mass is 10.1. The van der Waals surface area contributed by atoms with E-state index in [9.17, 15) is 13.2 Å². The number of sulfonamides is 1. The van der Waals surface area contributed by atoms with Crippen LogP contribution in [0, 0.1) is 0 Å². The minimum atomic E-state index is -3.16. The maximum absolute atomic E-state index is 11.9. The fraction of sp³-hybridized carbons (Fsp3) is 0.909. The van der Waals surface area contributed by atoms with Gasteiger partial charge < -0.3 is 10.1 Å². The third-order valence-corrected chi connectivity index (χ3v) is 4.69. The van der Waals surface area contributed by atoms with Crippen LogP contribution < -0.4 is 5.32 Å². The van der Waals surface area contributed by atoms with E-state index in [1.807, 2.05) is 0 Å². The molecule has 1 amide bonds. The van der Waals surface area contributed by atoms with Gasteiger partial charge >= 0.3 is 0 Å². The van der Waals surface area contributed by atoms with Gasteiger partial charge in [-0.05, 0) is 25.7 Å². The van der Waals surface area contributed by atoms with Crippen LogP contribution in [-0.2, 0) is 19.6 Å². The molecule has 7 heteroatoms. The lowest BCUT2D eigenvalue weighted by Crippen LogP contribution is -2.51. The molecule has 1 N–H and O–H groups in total. The number of carbonyl (C=O) groups is 1. The highest BCUT2D eigenvalue weighted by Gasteiger charge is 2.30. The summed E-state index contributed by atoms with van der Waals surface area (Å²) < 4.78 is 29.7. The summed E-state index contributed by atoms with van der Waals surface area (Å²) in [7, 11) is -3.16. The van der Waals surface area contributed by atoms with Crippen molar-refractivity contribution in [3.8, 4) is 0 Å². The second kappa shape index (κ2) is 5.54. The standard InChI is InChI=1S/C11H20N2O4S/c1-18(15,16)13-6-2-4-9(8-13)12-11(14)10-5-3-7-17-10/h9-10H,2-8H2,1H3,(H,12,14). The zero-order chi connectivity index (χ0) is 13.2. The second-order valence-electron chi connectivity index (χ2n) is 4.97. The van der Waals surface area contributed by atoms with Crippen molar-refractivity contribution in [3.05, 3.63) is 0 Å². The molecular weight excluding hydrogens is 256 g/mol. The van der Waals surface area contributed by atoms with Crippen LogP contribution >= 0.6 is 0 Å². The summed E-state index contributed by atoms with van der Waals surface area (Å²) in [6.45, 7) is 1.56. The van der Waals surface area contributed by atoms with Gasteiger partial charge in [-0.1, -0.05) is 0 Å². The van der Waals surface area contributed by atoms with Gasteiger partial charge in [-0.15, -0.1) is 0 Å². The molecular formula is C11H20N2O4S. The molecule has 2 fully saturated rings. The third-order valence-electron chi connectivity index (χ3n) is 3.42. The van der Waals surface area contributed by atoms with Gasteiger partial charge in [0.1, 0.15) is 6.10 Å². The fourth-order valence-corrected chi connectivity index (χ4v) is 3.35. The molecule has 0 radical (unpaired) electrons. The number of hydrogen-bond acceptors (Lipinski definition) is 4. The molecule has 2 heterocycles. The normalized spacial score (nSPS) is 30.3. The fourth-order valence-electron chi connectivity index (χ4n) is 2.44. The van der Waals surface area contributed by atoms with Crippen molar-refractivity contribution >= 4 is 15.9 Å². The summed E-state index contributed by atoms with van der Waals surface area (Å²) in [5.41, 5.74) is 0. The Balaban J connectivity index is 1.87. The molecule has 2 aliphatic rings. The van der Waals surface area contributed by atoms with E-state index in [0.29, 0.717) is 19.7 Å². The molecule has 2 unspecified atom stereocenters. The number of carbonyl (C=O) groups excluding carboxylic acids is 1. The maximum atomic E-state index is 11.9. The molecule has 2 atom stereocenters. The van der Waals surface area contributed by atoms with Crippen LogP contribution in [0.25, 0.3) is 0 Å². The van der Waals surface area contributed by atoms with Gasteiger partial charge in [-0.3, -0.25) is 4.79 Å². The number of rotatable bonds is 3. The zero-order valence-corrected chi connectivity index (χ0v) is 11.4. The average Bonchev–Trinajstić information content (AvgIpc) is 2.81. The van der Waals surface area contributed by atoms with Crippen molar-refractivity contribution in [2.75, 3.05) is 26.0 Å². The molecule has 0 spiro atoms. The van der Waals surface area contributed by atoms with Crippen LogP contribution in [-0.4, -0.2) is 56.7 Å². The van der Waals surface area contributed by atoms with Crippen LogP contribution in [0.1, 0.15) is 25.7 Å². The first-order chi connectivity index (χ1) is 8.47. The molecule has 2 aliphatic heterocycles. The number of ether oxygens (including phenoxy) is 1. The van der Waals surface area contributed by atoms with E-state index in [-0.39, 0.29) is 18.1 Å². The highest BCUT2D eigenvalue weighted by atomic mass is 32.2. The molecule has 6 nitrogen and oxygen atoms in total. The highest BCUT2D eigenvalue weighted by molar-refractivity contribution is 7.88. The van der Waals surface area contributed by atoms with Crippen molar-refractivity contribution in [3.63, 3.8) is 0 Å². The number of nitrogens with zero attached hydrogens (tertiary/aromatic N) is 1. The van der Waals surface area contributed by atoms with E-state index in [1.54, 1.807) is 0 Å². The predicted molar refractivity (Wildman–Crippen MR) is 66.6 cm³/mol. The lowest BCUT2D eigenvalue weighted by Gasteiger charge is -2.31. The summed E-state index contributed by atoms with van der Waals surface area (Å²) in [5.74, 6) is -0.104. The highest BCUT2D eigenvalue weighted by Crippen LogP contribution is 2.15. The first-order valence-electron chi connectivity index (χ1n) is 6.34. The Morgan fingerprint density at radius 2 is 2.11 bits per heavy atom. The average molecular weight is 276 g/mol. The van der Waals surface area contributed by atoms with Crippen molar-refractivity contribution in [1.82, 2.24) is 9.62 Å². The Kier molecular flexibility index (Phi) is 4.24. The van der Waals surface area contributed by atoms with Gasteiger partial charge in [-0.25, -0.2) is 12.7 Å². The summed E-state index contributed by atoms with van der Waals surface area (Å²) in [6.07, 6.45) is 4.14. The summed E-state index contributed by atoms with van der Waals surface area (Å²) in [4.78, 5) is 11.9. The Morgan fingerprint density at radius 3 is 2.72 bits per heavy atom. The van der Waals surface area contributed by atoms with Crippen LogP contribution in [0.15, 0.2) is 0 Å². The molecule has 2 rings (SSSR count). The summed E-state index contributed by atoms with van der Waals surface area (Å²) in [5, 5.41) is 2.89. The van der Waals surface area contributed by atoms with E-state index in [2.05, 4.69) is 5.32 Å². The van der Waals surface area contributed by atoms with Gasteiger partial charge in [0.05, 0.1) is 6.26 Å². The molecule has 0 bridgehead atoms. The Labute approximate surface area is 108 Å². The monoisotopic (exact) mass is 276 g/mol. The van der Waals surface area contributed by atoms with Gasteiger partial charge in [0.2, 0.25) is 15.9 Å². The van der Waals surface area contributed by atoms with Crippen LogP contribution in [0.3, 0.4) is 0 Å². The zero-order valence-electron chi connectivity index (χ0n) is 10.6.